The van der Waals surface area contributed by atoms with Crippen LogP contribution in [0.4, 0.5) is 5.69 Å². The Bertz CT molecular complexity index is 618. The molecule has 4 rings (SSSR count). The summed E-state index contributed by atoms with van der Waals surface area (Å²) < 4.78 is 0. The number of rotatable bonds is 0. The van der Waals surface area contributed by atoms with Crippen LogP contribution in [0.25, 0.3) is 5.57 Å². The number of fused-ring (bicyclic) bond motifs is 5. The van der Waals surface area contributed by atoms with Gasteiger partial charge in [0.25, 0.3) is 0 Å². The molecule has 1 aliphatic carbocycles. The highest BCUT2D eigenvalue weighted by Gasteiger charge is 2.27. The average molecular weight is 248 g/mol. The van der Waals surface area contributed by atoms with E-state index >= 15 is 0 Å². The van der Waals surface area contributed by atoms with Crippen LogP contribution in [0.3, 0.4) is 0 Å². The van der Waals surface area contributed by atoms with E-state index in [-0.39, 0.29) is 12.4 Å². The second-order valence-electron chi connectivity index (χ2n) is 4.68. The molecule has 4 heteroatoms. The monoisotopic (exact) mass is 247 g/mol. The zero-order chi connectivity index (χ0) is 10.5. The van der Waals surface area contributed by atoms with Gasteiger partial charge in [0.05, 0.1) is 11.0 Å². The molecule has 1 unspecified atom stereocenters. The van der Waals surface area contributed by atoms with Crippen molar-refractivity contribution in [2.45, 2.75) is 12.3 Å². The molecular formula is C13H14ClN3. The van der Waals surface area contributed by atoms with Gasteiger partial charge in [0.1, 0.15) is 0 Å². The first-order valence-corrected chi connectivity index (χ1v) is 5.78. The number of anilines is 1. The fourth-order valence-electron chi connectivity index (χ4n) is 2.98. The molecule has 17 heavy (non-hydrogen) atoms. The minimum absolute atomic E-state index is 0. The number of nitrogens with one attached hydrogen (secondary N) is 2. The first kappa shape index (κ1) is 10.8. The molecule has 2 heterocycles. The molecule has 1 fully saturated rings. The first-order chi connectivity index (χ1) is 7.92. The third-order valence-corrected chi connectivity index (χ3v) is 3.74. The zero-order valence-electron chi connectivity index (χ0n) is 9.36. The summed E-state index contributed by atoms with van der Waals surface area (Å²) in [5.74, 6) is 0.671. The molecule has 0 saturated carbocycles. The molecule has 1 aromatic rings. The van der Waals surface area contributed by atoms with E-state index in [0.717, 1.165) is 24.1 Å². The van der Waals surface area contributed by atoms with Crippen LogP contribution in [0.2, 0.25) is 0 Å². The van der Waals surface area contributed by atoms with Crippen LogP contribution in [0.1, 0.15) is 17.9 Å². The van der Waals surface area contributed by atoms with Gasteiger partial charge in [0.2, 0.25) is 0 Å². The summed E-state index contributed by atoms with van der Waals surface area (Å²) in [7, 11) is 0. The van der Waals surface area contributed by atoms with Crippen molar-refractivity contribution in [1.29, 1.82) is 0 Å². The molecule has 1 atom stereocenters. The van der Waals surface area contributed by atoms with Crippen LogP contribution >= 0.6 is 12.4 Å². The summed E-state index contributed by atoms with van der Waals surface area (Å²) in [6, 6.07) is 4.52. The second kappa shape index (κ2) is 3.86. The SMILES string of the molecule is C1=CNc2cc3c(cc2=N1)C1CNCC=3C1.Cl. The van der Waals surface area contributed by atoms with Gasteiger partial charge in [0.15, 0.2) is 0 Å². The molecule has 1 saturated heterocycles. The third-order valence-electron chi connectivity index (χ3n) is 3.74. The molecule has 0 radical (unpaired) electrons. The highest BCUT2D eigenvalue weighted by atomic mass is 35.5. The van der Waals surface area contributed by atoms with Crippen LogP contribution in [0.15, 0.2) is 29.5 Å². The molecule has 3 aliphatic rings. The van der Waals surface area contributed by atoms with Crippen LogP contribution < -0.4 is 21.2 Å². The summed E-state index contributed by atoms with van der Waals surface area (Å²) in [6.07, 6.45) is 4.94. The lowest BCUT2D eigenvalue weighted by atomic mass is 9.97. The lowest BCUT2D eigenvalue weighted by Crippen LogP contribution is -2.26. The van der Waals surface area contributed by atoms with Crippen LogP contribution in [0, 0.1) is 0 Å². The Hall–Kier alpha value is -1.32. The third kappa shape index (κ3) is 1.50. The minimum atomic E-state index is 0. The average Bonchev–Trinajstić information content (AvgIpc) is 2.59. The van der Waals surface area contributed by atoms with Crippen LogP contribution in [-0.2, 0) is 0 Å². The maximum absolute atomic E-state index is 4.41. The van der Waals surface area contributed by atoms with Crippen molar-refractivity contribution >= 4 is 23.7 Å². The zero-order valence-corrected chi connectivity index (χ0v) is 10.2. The quantitative estimate of drug-likeness (QED) is 0.714. The van der Waals surface area contributed by atoms with Crippen molar-refractivity contribution in [1.82, 2.24) is 5.32 Å². The van der Waals surface area contributed by atoms with Crippen molar-refractivity contribution in [2.24, 2.45) is 4.99 Å². The molecule has 88 valence electrons. The van der Waals surface area contributed by atoms with E-state index in [0.29, 0.717) is 5.92 Å². The predicted octanol–water partition coefficient (Wildman–Crippen LogP) is 0.866. The molecule has 3 nitrogen and oxygen atoms in total. The van der Waals surface area contributed by atoms with Crippen molar-refractivity contribution in [3.8, 4) is 0 Å². The van der Waals surface area contributed by atoms with E-state index in [1.54, 1.807) is 5.57 Å². The molecule has 2 aliphatic heterocycles. The van der Waals surface area contributed by atoms with Gasteiger partial charge in [-0.1, -0.05) is 0 Å². The van der Waals surface area contributed by atoms with Crippen LogP contribution in [-0.4, -0.2) is 13.1 Å². The number of hydrogen-bond donors (Lipinski definition) is 2. The fraction of sp³-hybridized carbons (Fsp3) is 0.308. The van der Waals surface area contributed by atoms with Gasteiger partial charge in [-0.05, 0) is 34.9 Å². The lowest BCUT2D eigenvalue weighted by molar-refractivity contribution is 0.592. The maximum Gasteiger partial charge on any atom is 0.0868 e. The highest BCUT2D eigenvalue weighted by molar-refractivity contribution is 5.85. The highest BCUT2D eigenvalue weighted by Crippen LogP contribution is 2.29. The van der Waals surface area contributed by atoms with Gasteiger partial charge in [-0.25, -0.2) is 0 Å². The van der Waals surface area contributed by atoms with E-state index in [4.69, 9.17) is 0 Å². The summed E-state index contributed by atoms with van der Waals surface area (Å²) in [5.41, 5.74) is 4.19. The van der Waals surface area contributed by atoms with Crippen molar-refractivity contribution in [2.75, 3.05) is 18.4 Å². The Kier molecular flexibility index (Phi) is 2.45. The van der Waals surface area contributed by atoms with Crippen molar-refractivity contribution < 1.29 is 0 Å². The smallest absolute Gasteiger partial charge is 0.0868 e. The summed E-state index contributed by atoms with van der Waals surface area (Å²) in [4.78, 5) is 4.41. The molecular weight excluding hydrogens is 234 g/mol. The van der Waals surface area contributed by atoms with E-state index in [1.807, 2.05) is 12.4 Å². The predicted molar refractivity (Wildman–Crippen MR) is 70.9 cm³/mol. The van der Waals surface area contributed by atoms with E-state index in [1.165, 1.54) is 17.2 Å². The number of piperidine rings is 1. The summed E-state index contributed by atoms with van der Waals surface area (Å²) in [5, 5.41) is 9.27. The lowest BCUT2D eigenvalue weighted by Gasteiger charge is -2.18. The minimum Gasteiger partial charge on any atom is -0.358 e. The summed E-state index contributed by atoms with van der Waals surface area (Å²) in [6.45, 7) is 2.16. The number of nitrogens with zero attached hydrogens (tertiary/aromatic N) is 1. The van der Waals surface area contributed by atoms with Crippen molar-refractivity contribution in [3.05, 3.63) is 40.7 Å². The Morgan fingerprint density at radius 1 is 1.29 bits per heavy atom. The second-order valence-corrected chi connectivity index (χ2v) is 4.68. The van der Waals surface area contributed by atoms with Crippen LogP contribution in [0.5, 0.6) is 0 Å². The molecule has 1 aromatic carbocycles. The topological polar surface area (TPSA) is 36.4 Å². The Morgan fingerprint density at radius 2 is 2.24 bits per heavy atom. The molecule has 0 amide bonds. The Labute approximate surface area is 106 Å². The van der Waals surface area contributed by atoms with Crippen molar-refractivity contribution in [3.63, 3.8) is 0 Å². The van der Waals surface area contributed by atoms with Gasteiger partial charge in [-0.2, -0.15) is 0 Å². The molecule has 0 aromatic heterocycles. The van der Waals surface area contributed by atoms with Gasteiger partial charge < -0.3 is 10.6 Å². The fourth-order valence-corrected chi connectivity index (χ4v) is 2.98. The first-order valence-electron chi connectivity index (χ1n) is 5.78. The Morgan fingerprint density at radius 3 is 3.18 bits per heavy atom. The molecule has 2 N–H and O–H groups in total. The molecule has 0 spiro atoms. The van der Waals surface area contributed by atoms with E-state index in [9.17, 15) is 0 Å². The van der Waals surface area contributed by atoms with Gasteiger partial charge in [-0.3, -0.25) is 4.99 Å². The molecule has 2 bridgehead atoms. The summed E-state index contributed by atoms with van der Waals surface area (Å²) >= 11 is 0. The van der Waals surface area contributed by atoms with Gasteiger partial charge in [-0.15, -0.1) is 12.4 Å². The number of benzene rings is 1. The normalized spacial score (nSPS) is 23.1. The maximum atomic E-state index is 4.41. The number of halogens is 1. The Balaban J connectivity index is 0.000000902. The number of hydrogen-bond acceptors (Lipinski definition) is 3. The van der Waals surface area contributed by atoms with Gasteiger partial charge >= 0.3 is 0 Å². The largest absolute Gasteiger partial charge is 0.358 e. The van der Waals surface area contributed by atoms with E-state index in [2.05, 4.69) is 27.8 Å². The standard InChI is InChI=1S/C13H13N3.ClH/c1-2-16-13-5-11-9-3-8(6-14-7-9)10(11)4-12(13)15-1;/h1-2,4-5,8,14,16H,3,6-7H2;1H. The van der Waals surface area contributed by atoms with E-state index < -0.39 is 0 Å². The van der Waals surface area contributed by atoms with Gasteiger partial charge in [0, 0.05) is 31.4 Å².